The Kier molecular flexibility index (Phi) is 2.33. The Hall–Kier alpha value is -1.76. The van der Waals surface area contributed by atoms with Gasteiger partial charge in [-0.05, 0) is 12.1 Å². The predicted molar refractivity (Wildman–Crippen MR) is 70.6 cm³/mol. The maximum Gasteiger partial charge on any atom is 0.231 e. The highest BCUT2D eigenvalue weighted by atomic mass is 32.2. The van der Waals surface area contributed by atoms with Crippen LogP contribution in [0.3, 0.4) is 0 Å². The van der Waals surface area contributed by atoms with Crippen molar-refractivity contribution in [1.29, 1.82) is 0 Å². The fraction of sp³-hybridized carbons (Fsp3) is 0.462. The lowest BCUT2D eigenvalue weighted by atomic mass is 10.0. The molecule has 0 unspecified atom stereocenters. The molecule has 1 aromatic carbocycles. The fourth-order valence-corrected chi connectivity index (χ4v) is 5.33. The highest BCUT2D eigenvalue weighted by Gasteiger charge is 2.49. The third-order valence-corrected chi connectivity index (χ3v) is 5.89. The van der Waals surface area contributed by atoms with Crippen molar-refractivity contribution in [3.63, 3.8) is 0 Å². The monoisotopic (exact) mass is 295 g/mol. The maximum absolute atomic E-state index is 12.2. The van der Waals surface area contributed by atoms with Gasteiger partial charge in [0.25, 0.3) is 0 Å². The van der Waals surface area contributed by atoms with Gasteiger partial charge >= 0.3 is 0 Å². The molecule has 3 aliphatic rings. The van der Waals surface area contributed by atoms with E-state index in [1.807, 2.05) is 0 Å². The summed E-state index contributed by atoms with van der Waals surface area (Å²) in [5, 5.41) is 0. The summed E-state index contributed by atoms with van der Waals surface area (Å²) in [5.74, 6) is 1.31. The zero-order chi connectivity index (χ0) is 13.9. The van der Waals surface area contributed by atoms with Crippen LogP contribution in [0.2, 0.25) is 0 Å². The number of anilines is 1. The number of hydrogen-bond acceptors (Lipinski definition) is 5. The molecular weight excluding hydrogens is 282 g/mol. The summed E-state index contributed by atoms with van der Waals surface area (Å²) in [6, 6.07) is 5.03. The van der Waals surface area contributed by atoms with E-state index in [-0.39, 0.29) is 36.2 Å². The van der Waals surface area contributed by atoms with Gasteiger partial charge in [-0.3, -0.25) is 4.79 Å². The van der Waals surface area contributed by atoms with E-state index in [9.17, 15) is 13.2 Å². The summed E-state index contributed by atoms with van der Waals surface area (Å²) >= 11 is 0. The fourth-order valence-electron chi connectivity index (χ4n) is 3.26. The number of rotatable bonds is 1. The van der Waals surface area contributed by atoms with Crippen molar-refractivity contribution < 1.29 is 22.7 Å². The predicted octanol–water partition coefficient (Wildman–Crippen LogP) is 0.565. The molecule has 0 radical (unpaired) electrons. The molecular formula is C13H13NO5S. The van der Waals surface area contributed by atoms with Crippen molar-refractivity contribution >= 4 is 21.4 Å². The van der Waals surface area contributed by atoms with Crippen LogP contribution in [0.5, 0.6) is 11.5 Å². The average molecular weight is 295 g/mol. The van der Waals surface area contributed by atoms with Gasteiger partial charge < -0.3 is 14.4 Å². The Morgan fingerprint density at radius 1 is 1.15 bits per heavy atom. The van der Waals surface area contributed by atoms with Gasteiger partial charge in [-0.25, -0.2) is 8.42 Å². The highest BCUT2D eigenvalue weighted by Crippen LogP contribution is 2.41. The number of carbonyl (C=O) groups is 1. The van der Waals surface area contributed by atoms with Gasteiger partial charge in [-0.15, -0.1) is 0 Å². The van der Waals surface area contributed by atoms with Crippen molar-refractivity contribution in [2.45, 2.75) is 12.5 Å². The van der Waals surface area contributed by atoms with Crippen molar-refractivity contribution in [3.05, 3.63) is 18.2 Å². The number of sulfone groups is 1. The second kappa shape index (κ2) is 3.88. The van der Waals surface area contributed by atoms with Crippen LogP contribution in [0, 0.1) is 5.92 Å². The van der Waals surface area contributed by atoms with E-state index >= 15 is 0 Å². The van der Waals surface area contributed by atoms with E-state index in [0.29, 0.717) is 23.6 Å². The minimum absolute atomic E-state index is 0.0197. The van der Waals surface area contributed by atoms with Gasteiger partial charge in [-0.1, -0.05) is 0 Å². The number of amides is 1. The molecule has 2 fully saturated rings. The molecule has 0 spiro atoms. The molecule has 2 saturated heterocycles. The number of carbonyl (C=O) groups excluding carboxylic acids is 1. The van der Waals surface area contributed by atoms with Crippen LogP contribution in [0.25, 0.3) is 0 Å². The zero-order valence-electron chi connectivity index (χ0n) is 10.6. The summed E-state index contributed by atoms with van der Waals surface area (Å²) in [4.78, 5) is 13.8. The van der Waals surface area contributed by atoms with E-state index in [0.717, 1.165) is 0 Å². The molecule has 20 heavy (non-hydrogen) atoms. The van der Waals surface area contributed by atoms with Crippen molar-refractivity contribution in [2.75, 3.05) is 23.2 Å². The zero-order valence-corrected chi connectivity index (χ0v) is 11.4. The maximum atomic E-state index is 12.2. The Balaban J connectivity index is 1.72. The lowest BCUT2D eigenvalue weighted by molar-refractivity contribution is -0.117. The topological polar surface area (TPSA) is 72.9 Å². The van der Waals surface area contributed by atoms with Crippen molar-refractivity contribution in [3.8, 4) is 11.5 Å². The van der Waals surface area contributed by atoms with Crippen molar-refractivity contribution in [2.24, 2.45) is 5.92 Å². The van der Waals surface area contributed by atoms with E-state index < -0.39 is 9.84 Å². The first-order valence-corrected chi connectivity index (χ1v) is 8.28. The Bertz CT molecular complexity index is 699. The van der Waals surface area contributed by atoms with Gasteiger partial charge in [-0.2, -0.15) is 0 Å². The van der Waals surface area contributed by atoms with E-state index in [4.69, 9.17) is 9.47 Å². The minimum atomic E-state index is -3.03. The largest absolute Gasteiger partial charge is 0.454 e. The minimum Gasteiger partial charge on any atom is -0.454 e. The Morgan fingerprint density at radius 3 is 2.80 bits per heavy atom. The summed E-state index contributed by atoms with van der Waals surface area (Å²) in [6.45, 7) is 0.174. The molecule has 3 aliphatic heterocycles. The normalized spacial score (nSPS) is 29.8. The number of ether oxygens (including phenoxy) is 2. The lowest BCUT2D eigenvalue weighted by Gasteiger charge is -2.23. The lowest BCUT2D eigenvalue weighted by Crippen LogP contribution is -2.36. The van der Waals surface area contributed by atoms with Gasteiger partial charge in [0.15, 0.2) is 21.3 Å². The number of nitrogens with zero attached hydrogens (tertiary/aromatic N) is 1. The molecule has 0 saturated carbocycles. The molecule has 4 rings (SSSR count). The van der Waals surface area contributed by atoms with Crippen LogP contribution in [0.4, 0.5) is 5.69 Å². The number of benzene rings is 1. The number of fused-ring (bicyclic) bond motifs is 2. The molecule has 0 aromatic heterocycles. The molecule has 0 aliphatic carbocycles. The van der Waals surface area contributed by atoms with Crippen LogP contribution in [0.15, 0.2) is 18.2 Å². The van der Waals surface area contributed by atoms with E-state index in [2.05, 4.69) is 0 Å². The van der Waals surface area contributed by atoms with E-state index in [1.54, 1.807) is 23.1 Å². The third-order valence-electron chi connectivity index (χ3n) is 4.11. The van der Waals surface area contributed by atoms with Crippen LogP contribution in [0.1, 0.15) is 6.42 Å². The third kappa shape index (κ3) is 1.69. The molecule has 2 atom stereocenters. The molecule has 1 amide bonds. The molecule has 7 heteroatoms. The second-order valence-electron chi connectivity index (χ2n) is 5.41. The summed E-state index contributed by atoms with van der Waals surface area (Å²) in [7, 11) is -3.03. The van der Waals surface area contributed by atoms with Gasteiger partial charge in [0.05, 0.1) is 17.5 Å². The van der Waals surface area contributed by atoms with Gasteiger partial charge in [0, 0.05) is 24.1 Å². The first kappa shape index (κ1) is 12.0. The highest BCUT2D eigenvalue weighted by molar-refractivity contribution is 7.91. The second-order valence-corrected chi connectivity index (χ2v) is 7.56. The standard InChI is InChI=1S/C13H13NO5S/c15-13-3-8-5-20(16,17)6-10(8)14(13)9-1-2-11-12(4-9)19-7-18-11/h1-2,4,8,10H,3,5-7H2/t8-,10-/m0/s1. The average Bonchev–Trinajstić information content (AvgIpc) is 3.00. The SMILES string of the molecule is O=C1C[C@H]2CS(=O)(=O)C[C@@H]2N1c1ccc2c(c1)OCO2. The van der Waals surface area contributed by atoms with Crippen LogP contribution < -0.4 is 14.4 Å². The summed E-state index contributed by atoms with van der Waals surface area (Å²) in [5.41, 5.74) is 0.684. The van der Waals surface area contributed by atoms with E-state index in [1.165, 1.54) is 0 Å². The molecule has 3 heterocycles. The molecule has 106 valence electrons. The molecule has 1 aromatic rings. The Labute approximate surface area is 116 Å². The first-order valence-electron chi connectivity index (χ1n) is 6.46. The Morgan fingerprint density at radius 2 is 1.95 bits per heavy atom. The first-order chi connectivity index (χ1) is 9.53. The van der Waals surface area contributed by atoms with Crippen LogP contribution in [-0.2, 0) is 14.6 Å². The van der Waals surface area contributed by atoms with Gasteiger partial charge in [0.2, 0.25) is 12.7 Å². The molecule has 0 bridgehead atoms. The summed E-state index contributed by atoms with van der Waals surface area (Å²) < 4.78 is 34.0. The van der Waals surface area contributed by atoms with Crippen LogP contribution >= 0.6 is 0 Å². The smallest absolute Gasteiger partial charge is 0.231 e. The van der Waals surface area contributed by atoms with Crippen molar-refractivity contribution in [1.82, 2.24) is 0 Å². The quantitative estimate of drug-likeness (QED) is 0.757. The summed E-state index contributed by atoms with van der Waals surface area (Å²) in [6.07, 6.45) is 0.304. The van der Waals surface area contributed by atoms with Gasteiger partial charge in [0.1, 0.15) is 0 Å². The van der Waals surface area contributed by atoms with Crippen LogP contribution in [-0.4, -0.2) is 38.7 Å². The molecule has 6 nitrogen and oxygen atoms in total. The number of hydrogen-bond donors (Lipinski definition) is 0. The molecule has 0 N–H and O–H groups in total.